The number of hydrogen-bond acceptors (Lipinski definition) is 2. The normalized spacial score (nSPS) is 13.0. The Balaban J connectivity index is 2.05. The Hall–Kier alpha value is -2.01. The molecule has 2 aromatic rings. The lowest BCUT2D eigenvalue weighted by atomic mass is 9.96. The fourth-order valence-electron chi connectivity index (χ4n) is 2.19. The maximum Gasteiger partial charge on any atom is 0.573 e. The van der Waals surface area contributed by atoms with Crippen LogP contribution in [0.2, 0.25) is 0 Å². The molecule has 0 saturated heterocycles. The number of hydrogen-bond donors (Lipinski definition) is 1. The van der Waals surface area contributed by atoms with Crippen molar-refractivity contribution in [3.8, 4) is 5.75 Å². The van der Waals surface area contributed by atoms with E-state index in [-0.39, 0.29) is 11.8 Å². The first-order valence-corrected chi connectivity index (χ1v) is 6.51. The zero-order valence-corrected chi connectivity index (χ0v) is 11.5. The van der Waals surface area contributed by atoms with E-state index in [2.05, 4.69) is 4.74 Å². The highest BCUT2D eigenvalue weighted by molar-refractivity contribution is 5.32. The topological polar surface area (TPSA) is 35.2 Å². The number of ether oxygens (including phenoxy) is 1. The first-order chi connectivity index (χ1) is 9.85. The van der Waals surface area contributed by atoms with E-state index in [4.69, 9.17) is 5.73 Å². The van der Waals surface area contributed by atoms with E-state index in [1.54, 1.807) is 12.1 Å². The summed E-state index contributed by atoms with van der Waals surface area (Å²) in [6.45, 7) is 1.98. The van der Waals surface area contributed by atoms with Crippen molar-refractivity contribution in [1.82, 2.24) is 0 Å². The van der Waals surface area contributed by atoms with Crippen LogP contribution in [-0.4, -0.2) is 6.36 Å². The molecule has 5 heteroatoms. The Morgan fingerprint density at radius 1 is 1.05 bits per heavy atom. The average Bonchev–Trinajstić information content (AvgIpc) is 2.40. The van der Waals surface area contributed by atoms with Crippen molar-refractivity contribution in [2.45, 2.75) is 25.7 Å². The van der Waals surface area contributed by atoms with Crippen molar-refractivity contribution in [3.05, 3.63) is 65.2 Å². The van der Waals surface area contributed by atoms with Crippen LogP contribution in [0.25, 0.3) is 0 Å². The van der Waals surface area contributed by atoms with Gasteiger partial charge >= 0.3 is 6.36 Å². The molecule has 0 radical (unpaired) electrons. The molecule has 0 heterocycles. The Bertz CT molecular complexity index is 593. The predicted molar refractivity (Wildman–Crippen MR) is 74.9 cm³/mol. The van der Waals surface area contributed by atoms with Gasteiger partial charge in [-0.1, -0.05) is 36.4 Å². The van der Waals surface area contributed by atoms with Crippen LogP contribution in [0, 0.1) is 6.92 Å². The maximum absolute atomic E-state index is 12.1. The lowest BCUT2D eigenvalue weighted by molar-refractivity contribution is -0.274. The highest BCUT2D eigenvalue weighted by atomic mass is 19.4. The predicted octanol–water partition coefficient (Wildman–Crippen LogP) is 4.14. The van der Waals surface area contributed by atoms with Gasteiger partial charge in [-0.2, -0.15) is 0 Å². The summed E-state index contributed by atoms with van der Waals surface area (Å²) in [4.78, 5) is 0. The Kier molecular flexibility index (Phi) is 4.53. The van der Waals surface area contributed by atoms with E-state index in [1.165, 1.54) is 12.1 Å². The monoisotopic (exact) mass is 295 g/mol. The van der Waals surface area contributed by atoms with Gasteiger partial charge in [-0.3, -0.25) is 0 Å². The molecule has 0 saturated carbocycles. The summed E-state index contributed by atoms with van der Waals surface area (Å²) in [5.41, 5.74) is 9.15. The summed E-state index contributed by atoms with van der Waals surface area (Å²) >= 11 is 0. The number of halogens is 3. The molecule has 0 aliphatic heterocycles. The third-order valence-electron chi connectivity index (χ3n) is 3.20. The number of nitrogens with two attached hydrogens (primary N) is 1. The van der Waals surface area contributed by atoms with Gasteiger partial charge in [0.2, 0.25) is 0 Å². The Labute approximate surface area is 121 Å². The summed E-state index contributed by atoms with van der Waals surface area (Å²) < 4.78 is 40.1. The first-order valence-electron chi connectivity index (χ1n) is 6.51. The molecule has 21 heavy (non-hydrogen) atoms. The molecule has 1 unspecified atom stereocenters. The average molecular weight is 295 g/mol. The van der Waals surface area contributed by atoms with Gasteiger partial charge in [-0.25, -0.2) is 0 Å². The molecule has 112 valence electrons. The highest BCUT2D eigenvalue weighted by Gasteiger charge is 2.30. The molecule has 0 aliphatic carbocycles. The molecular weight excluding hydrogens is 279 g/mol. The summed E-state index contributed by atoms with van der Waals surface area (Å²) in [6, 6.07) is 13.4. The molecule has 0 bridgehead atoms. The minimum Gasteiger partial charge on any atom is -0.406 e. The SMILES string of the molecule is Cc1ccccc1C(N)Cc1ccc(OC(F)(F)F)cc1. The molecule has 2 rings (SSSR count). The second-order valence-corrected chi connectivity index (χ2v) is 4.86. The molecule has 0 amide bonds. The number of rotatable bonds is 4. The van der Waals surface area contributed by atoms with E-state index in [0.717, 1.165) is 16.7 Å². The van der Waals surface area contributed by atoms with E-state index in [1.807, 2.05) is 31.2 Å². The van der Waals surface area contributed by atoms with Crippen LogP contribution in [-0.2, 0) is 6.42 Å². The standard InChI is InChI=1S/C16H16F3NO/c1-11-4-2-3-5-14(11)15(20)10-12-6-8-13(9-7-12)21-16(17,18)19/h2-9,15H,10,20H2,1H3. The van der Waals surface area contributed by atoms with Crippen LogP contribution in [0.3, 0.4) is 0 Å². The second kappa shape index (κ2) is 6.18. The summed E-state index contributed by atoms with van der Waals surface area (Å²) in [5, 5.41) is 0. The quantitative estimate of drug-likeness (QED) is 0.920. The van der Waals surface area contributed by atoms with Gasteiger partial charge in [0.1, 0.15) is 5.75 Å². The van der Waals surface area contributed by atoms with Crippen LogP contribution < -0.4 is 10.5 Å². The molecule has 0 aromatic heterocycles. The Morgan fingerprint density at radius 2 is 1.67 bits per heavy atom. The molecule has 0 spiro atoms. The molecule has 0 aliphatic rings. The van der Waals surface area contributed by atoms with Crippen LogP contribution in [0.15, 0.2) is 48.5 Å². The zero-order valence-electron chi connectivity index (χ0n) is 11.5. The molecular formula is C16H16F3NO. The van der Waals surface area contributed by atoms with Crippen LogP contribution in [0.5, 0.6) is 5.75 Å². The summed E-state index contributed by atoms with van der Waals surface area (Å²) in [5.74, 6) is -0.226. The van der Waals surface area contributed by atoms with Gasteiger partial charge < -0.3 is 10.5 Å². The zero-order chi connectivity index (χ0) is 15.5. The van der Waals surface area contributed by atoms with Gasteiger partial charge in [0.25, 0.3) is 0 Å². The third kappa shape index (κ3) is 4.49. The molecule has 2 aromatic carbocycles. The lowest BCUT2D eigenvalue weighted by Crippen LogP contribution is -2.17. The van der Waals surface area contributed by atoms with Gasteiger partial charge in [0.15, 0.2) is 0 Å². The summed E-state index contributed by atoms with van der Waals surface area (Å²) in [7, 11) is 0. The van der Waals surface area contributed by atoms with Crippen LogP contribution in [0.1, 0.15) is 22.7 Å². The van der Waals surface area contributed by atoms with Gasteiger partial charge in [0.05, 0.1) is 0 Å². The van der Waals surface area contributed by atoms with Gasteiger partial charge in [-0.05, 0) is 42.2 Å². The van der Waals surface area contributed by atoms with Crippen molar-refractivity contribution >= 4 is 0 Å². The van der Waals surface area contributed by atoms with E-state index in [0.29, 0.717) is 6.42 Å². The minimum absolute atomic E-state index is 0.194. The molecule has 1 atom stereocenters. The first kappa shape index (κ1) is 15.4. The smallest absolute Gasteiger partial charge is 0.406 e. The van der Waals surface area contributed by atoms with Crippen LogP contribution in [0.4, 0.5) is 13.2 Å². The molecule has 2 N–H and O–H groups in total. The number of aryl methyl sites for hydroxylation is 1. The van der Waals surface area contributed by atoms with Gasteiger partial charge in [-0.15, -0.1) is 13.2 Å². The fourth-order valence-corrected chi connectivity index (χ4v) is 2.19. The lowest BCUT2D eigenvalue weighted by Gasteiger charge is -2.15. The van der Waals surface area contributed by atoms with Crippen molar-refractivity contribution in [1.29, 1.82) is 0 Å². The summed E-state index contributed by atoms with van der Waals surface area (Å²) in [6.07, 6.45) is -4.11. The van der Waals surface area contributed by atoms with Crippen molar-refractivity contribution in [3.63, 3.8) is 0 Å². The van der Waals surface area contributed by atoms with Gasteiger partial charge in [0, 0.05) is 6.04 Å². The highest BCUT2D eigenvalue weighted by Crippen LogP contribution is 2.24. The van der Waals surface area contributed by atoms with Crippen molar-refractivity contribution < 1.29 is 17.9 Å². The van der Waals surface area contributed by atoms with E-state index in [9.17, 15) is 13.2 Å². The Morgan fingerprint density at radius 3 is 2.24 bits per heavy atom. The van der Waals surface area contributed by atoms with Crippen LogP contribution >= 0.6 is 0 Å². The molecule has 0 fully saturated rings. The van der Waals surface area contributed by atoms with E-state index >= 15 is 0 Å². The van der Waals surface area contributed by atoms with Crippen molar-refractivity contribution in [2.24, 2.45) is 5.73 Å². The number of benzene rings is 2. The minimum atomic E-state index is -4.67. The molecule has 2 nitrogen and oxygen atoms in total. The van der Waals surface area contributed by atoms with E-state index < -0.39 is 6.36 Å². The maximum atomic E-state index is 12.1. The third-order valence-corrected chi connectivity index (χ3v) is 3.20. The second-order valence-electron chi connectivity index (χ2n) is 4.86. The largest absolute Gasteiger partial charge is 0.573 e. The fraction of sp³-hybridized carbons (Fsp3) is 0.250. The van der Waals surface area contributed by atoms with Crippen molar-refractivity contribution in [2.75, 3.05) is 0 Å². The number of alkyl halides is 3.